The fourth-order valence-corrected chi connectivity index (χ4v) is 3.72. The highest BCUT2D eigenvalue weighted by Crippen LogP contribution is 2.32. The van der Waals surface area contributed by atoms with Crippen molar-refractivity contribution in [2.75, 3.05) is 0 Å². The maximum absolute atomic E-state index is 5.72. The van der Waals surface area contributed by atoms with Gasteiger partial charge in [0.1, 0.15) is 5.82 Å². The van der Waals surface area contributed by atoms with Crippen LogP contribution in [-0.4, -0.2) is 9.55 Å². The van der Waals surface area contributed by atoms with E-state index >= 15 is 0 Å². The fraction of sp³-hybridized carbons (Fsp3) is 0.188. The molecule has 2 N–H and O–H groups in total. The van der Waals surface area contributed by atoms with Crippen molar-refractivity contribution < 1.29 is 0 Å². The largest absolute Gasteiger partial charge is 0.326 e. The van der Waals surface area contributed by atoms with E-state index in [0.29, 0.717) is 6.54 Å². The Morgan fingerprint density at radius 1 is 1.14 bits per heavy atom. The molecule has 0 saturated heterocycles. The predicted octanol–water partition coefficient (Wildman–Crippen LogP) is 4.71. The number of benzene rings is 2. The molecule has 1 aromatic heterocycles. The Morgan fingerprint density at radius 3 is 2.62 bits per heavy atom. The molecular weight excluding hydrogens is 394 g/mol. The molecular formula is C16H15Br2N3. The van der Waals surface area contributed by atoms with Gasteiger partial charge in [-0.15, -0.1) is 0 Å². The molecule has 21 heavy (non-hydrogen) atoms. The van der Waals surface area contributed by atoms with Crippen LogP contribution in [0.4, 0.5) is 0 Å². The van der Waals surface area contributed by atoms with E-state index in [4.69, 9.17) is 10.7 Å². The Kier molecular flexibility index (Phi) is 4.15. The van der Waals surface area contributed by atoms with Crippen molar-refractivity contribution in [1.82, 2.24) is 9.55 Å². The number of halogens is 2. The van der Waals surface area contributed by atoms with Crippen LogP contribution >= 0.6 is 31.9 Å². The van der Waals surface area contributed by atoms with E-state index in [9.17, 15) is 0 Å². The number of rotatable bonds is 3. The third kappa shape index (κ3) is 2.65. The first-order chi connectivity index (χ1) is 10.1. The van der Waals surface area contributed by atoms with Crippen LogP contribution in [-0.2, 0) is 13.1 Å². The van der Waals surface area contributed by atoms with Gasteiger partial charge in [0.15, 0.2) is 0 Å². The van der Waals surface area contributed by atoms with Gasteiger partial charge in [-0.05, 0) is 58.7 Å². The zero-order chi connectivity index (χ0) is 15.0. The number of nitrogens with zero attached hydrogens (tertiary/aromatic N) is 2. The molecule has 0 atom stereocenters. The summed E-state index contributed by atoms with van der Waals surface area (Å²) in [6.45, 7) is 3.54. The molecule has 0 bridgehead atoms. The molecule has 3 aromatic rings. The molecule has 1 heterocycles. The summed E-state index contributed by atoms with van der Waals surface area (Å²) in [7, 11) is 0. The number of aromatic nitrogens is 2. The average molecular weight is 409 g/mol. The summed E-state index contributed by atoms with van der Waals surface area (Å²) < 4.78 is 4.30. The van der Waals surface area contributed by atoms with E-state index in [1.807, 2.05) is 12.1 Å². The van der Waals surface area contributed by atoms with Gasteiger partial charge < -0.3 is 10.3 Å². The summed E-state index contributed by atoms with van der Waals surface area (Å²) in [6, 6.07) is 12.4. The lowest BCUT2D eigenvalue weighted by Gasteiger charge is -2.08. The van der Waals surface area contributed by atoms with E-state index in [1.165, 1.54) is 0 Å². The highest BCUT2D eigenvalue weighted by molar-refractivity contribution is 9.11. The Morgan fingerprint density at radius 2 is 1.95 bits per heavy atom. The first-order valence-electron chi connectivity index (χ1n) is 6.78. The quantitative estimate of drug-likeness (QED) is 0.682. The van der Waals surface area contributed by atoms with Gasteiger partial charge in [0.2, 0.25) is 0 Å². The molecule has 0 fully saturated rings. The van der Waals surface area contributed by atoms with Crippen molar-refractivity contribution in [3.8, 4) is 11.4 Å². The molecule has 2 aromatic carbocycles. The van der Waals surface area contributed by atoms with Crippen molar-refractivity contribution in [3.05, 3.63) is 50.9 Å². The molecule has 0 aliphatic rings. The summed E-state index contributed by atoms with van der Waals surface area (Å²) in [5.74, 6) is 0.973. The molecule has 0 saturated carbocycles. The minimum Gasteiger partial charge on any atom is -0.326 e. The second-order valence-corrected chi connectivity index (χ2v) is 6.60. The predicted molar refractivity (Wildman–Crippen MR) is 94.1 cm³/mol. The lowest BCUT2D eigenvalue weighted by molar-refractivity contribution is 0.796. The van der Waals surface area contributed by atoms with Gasteiger partial charge in [-0.1, -0.05) is 22.0 Å². The first kappa shape index (κ1) is 14.8. The Balaban J connectivity index is 2.26. The smallest absolute Gasteiger partial charge is 0.142 e. The Labute approximate surface area is 140 Å². The average Bonchev–Trinajstić information content (AvgIpc) is 2.84. The monoisotopic (exact) mass is 407 g/mol. The van der Waals surface area contributed by atoms with Crippen LogP contribution in [0, 0.1) is 0 Å². The number of fused-ring (bicyclic) bond motifs is 1. The summed E-state index contributed by atoms with van der Waals surface area (Å²) in [5.41, 5.74) is 10.0. The third-order valence-electron chi connectivity index (χ3n) is 3.54. The molecule has 3 rings (SSSR count). The summed E-state index contributed by atoms with van der Waals surface area (Å²) in [4.78, 5) is 4.81. The lowest BCUT2D eigenvalue weighted by atomic mass is 10.2. The van der Waals surface area contributed by atoms with E-state index in [2.05, 4.69) is 67.6 Å². The van der Waals surface area contributed by atoms with Gasteiger partial charge in [0.25, 0.3) is 0 Å². The highest BCUT2D eigenvalue weighted by Gasteiger charge is 2.14. The van der Waals surface area contributed by atoms with Gasteiger partial charge in [0, 0.05) is 27.6 Å². The van der Waals surface area contributed by atoms with Crippen molar-refractivity contribution in [2.45, 2.75) is 20.0 Å². The van der Waals surface area contributed by atoms with Gasteiger partial charge >= 0.3 is 0 Å². The van der Waals surface area contributed by atoms with Gasteiger partial charge in [-0.2, -0.15) is 0 Å². The number of hydrogen-bond donors (Lipinski definition) is 1. The van der Waals surface area contributed by atoms with Crippen molar-refractivity contribution in [1.29, 1.82) is 0 Å². The fourth-order valence-electron chi connectivity index (χ4n) is 2.50. The summed E-state index contributed by atoms with van der Waals surface area (Å²) in [6.07, 6.45) is 0. The minimum absolute atomic E-state index is 0.534. The zero-order valence-electron chi connectivity index (χ0n) is 11.6. The van der Waals surface area contributed by atoms with Gasteiger partial charge in [0.05, 0.1) is 11.0 Å². The van der Waals surface area contributed by atoms with Crippen molar-refractivity contribution in [3.63, 3.8) is 0 Å². The lowest BCUT2D eigenvalue weighted by Crippen LogP contribution is -1.98. The van der Waals surface area contributed by atoms with Crippen LogP contribution in [0.1, 0.15) is 12.5 Å². The molecule has 5 heteroatoms. The number of nitrogens with two attached hydrogens (primary N) is 1. The Bertz CT molecular complexity index is 809. The second kappa shape index (κ2) is 5.91. The topological polar surface area (TPSA) is 43.8 Å². The van der Waals surface area contributed by atoms with Crippen molar-refractivity contribution >= 4 is 42.9 Å². The van der Waals surface area contributed by atoms with Gasteiger partial charge in [-0.25, -0.2) is 4.98 Å². The first-order valence-corrected chi connectivity index (χ1v) is 8.37. The molecule has 0 spiro atoms. The van der Waals surface area contributed by atoms with Crippen LogP contribution in [0.3, 0.4) is 0 Å². The number of aryl methyl sites for hydroxylation is 1. The second-order valence-electron chi connectivity index (χ2n) is 4.83. The minimum atomic E-state index is 0.534. The molecule has 3 nitrogen and oxygen atoms in total. The molecule has 0 aliphatic carbocycles. The molecule has 0 radical (unpaired) electrons. The van der Waals surface area contributed by atoms with Crippen LogP contribution in [0.25, 0.3) is 22.4 Å². The van der Waals surface area contributed by atoms with E-state index in [-0.39, 0.29) is 0 Å². The Hall–Kier alpha value is -1.17. The van der Waals surface area contributed by atoms with E-state index < -0.39 is 0 Å². The maximum Gasteiger partial charge on any atom is 0.142 e. The molecule has 0 amide bonds. The number of imidazole rings is 1. The third-order valence-corrected chi connectivity index (χ3v) is 4.69. The zero-order valence-corrected chi connectivity index (χ0v) is 14.8. The van der Waals surface area contributed by atoms with Crippen LogP contribution in [0.15, 0.2) is 45.3 Å². The molecule has 0 unspecified atom stereocenters. The number of hydrogen-bond acceptors (Lipinski definition) is 2. The SMILES string of the molecule is CCn1c(-c2ccc(Br)cc2Br)nc2cc(CN)ccc21. The van der Waals surface area contributed by atoms with Crippen LogP contribution in [0.5, 0.6) is 0 Å². The normalized spacial score (nSPS) is 11.2. The van der Waals surface area contributed by atoms with Crippen LogP contribution in [0.2, 0.25) is 0 Å². The summed E-state index contributed by atoms with van der Waals surface area (Å²) >= 11 is 7.12. The van der Waals surface area contributed by atoms with Gasteiger partial charge in [-0.3, -0.25) is 0 Å². The summed E-state index contributed by atoms with van der Waals surface area (Å²) in [5, 5.41) is 0. The van der Waals surface area contributed by atoms with Crippen molar-refractivity contribution in [2.24, 2.45) is 5.73 Å². The highest BCUT2D eigenvalue weighted by atomic mass is 79.9. The maximum atomic E-state index is 5.72. The van der Waals surface area contributed by atoms with E-state index in [0.717, 1.165) is 43.5 Å². The van der Waals surface area contributed by atoms with E-state index in [1.54, 1.807) is 0 Å². The van der Waals surface area contributed by atoms with Crippen LogP contribution < -0.4 is 5.73 Å². The molecule has 108 valence electrons. The standard InChI is InChI=1S/C16H15Br2N3/c1-2-21-15-6-3-10(9-19)7-14(15)20-16(21)12-5-4-11(17)8-13(12)18/h3-8H,2,9,19H2,1H3. The molecule has 0 aliphatic heterocycles.